The highest BCUT2D eigenvalue weighted by Crippen LogP contribution is 2.44. The number of rotatable bonds is 8. The summed E-state index contributed by atoms with van der Waals surface area (Å²) in [5.41, 5.74) is 5.35. The molecule has 35 heavy (non-hydrogen) atoms. The number of nitrogens with one attached hydrogen (secondary N) is 1. The van der Waals surface area contributed by atoms with Crippen LogP contribution in [0.5, 0.6) is 0 Å². The highest BCUT2D eigenvalue weighted by molar-refractivity contribution is 5.82. The third-order valence-corrected chi connectivity index (χ3v) is 6.12. The van der Waals surface area contributed by atoms with Crippen molar-refractivity contribution in [3.8, 4) is 11.1 Å². The lowest BCUT2D eigenvalue weighted by Crippen LogP contribution is -2.45. The first-order chi connectivity index (χ1) is 17.2. The van der Waals surface area contributed by atoms with Gasteiger partial charge in [-0.05, 0) is 50.9 Å². The third kappa shape index (κ3) is 4.57. The molecule has 0 unspecified atom stereocenters. The maximum atomic E-state index is 12.9. The average molecular weight is 472 g/mol. The molecule has 0 fully saturated rings. The molecule has 2 heterocycles. The summed E-state index contributed by atoms with van der Waals surface area (Å²) in [6, 6.07) is 18.8. The van der Waals surface area contributed by atoms with Crippen LogP contribution in [0, 0.1) is 0 Å². The van der Waals surface area contributed by atoms with E-state index >= 15 is 0 Å². The molecule has 1 aliphatic carbocycles. The molecule has 1 atom stereocenters. The number of carbonyl (C=O) groups excluding carboxylic acids is 2. The van der Waals surface area contributed by atoms with Gasteiger partial charge >= 0.3 is 12.1 Å². The average Bonchev–Trinajstić information content (AvgIpc) is 3.44. The summed E-state index contributed by atoms with van der Waals surface area (Å²) < 4.78 is 5.60. The van der Waals surface area contributed by atoms with Crippen LogP contribution < -0.4 is 10.2 Å². The van der Waals surface area contributed by atoms with Crippen LogP contribution in [0.25, 0.3) is 22.3 Å². The van der Waals surface area contributed by atoms with E-state index in [1.807, 2.05) is 31.2 Å². The van der Waals surface area contributed by atoms with Crippen LogP contribution in [0.1, 0.15) is 43.2 Å². The van der Waals surface area contributed by atoms with E-state index in [-0.39, 0.29) is 12.5 Å². The third-order valence-electron chi connectivity index (χ3n) is 6.12. The first-order valence-corrected chi connectivity index (χ1v) is 11.7. The predicted molar refractivity (Wildman–Crippen MR) is 128 cm³/mol. The number of nitrogens with zero attached hydrogens (tertiary/aromatic N) is 4. The number of hydrogen-bond acceptors (Lipinski definition) is 7. The number of unbranched alkanes of at least 4 members (excludes halogenated alkanes) is 1. The van der Waals surface area contributed by atoms with Crippen LogP contribution in [0.4, 0.5) is 4.79 Å². The van der Waals surface area contributed by atoms with E-state index in [0.717, 1.165) is 39.9 Å². The first-order valence-electron chi connectivity index (χ1n) is 11.7. The lowest BCUT2D eigenvalue weighted by molar-refractivity contribution is -0.148. The van der Waals surface area contributed by atoms with Crippen molar-refractivity contribution in [1.82, 2.24) is 25.5 Å². The summed E-state index contributed by atoms with van der Waals surface area (Å²) in [6.45, 7) is 2.16. The summed E-state index contributed by atoms with van der Waals surface area (Å²) >= 11 is 0. The minimum atomic E-state index is -0.895. The van der Waals surface area contributed by atoms with Crippen molar-refractivity contribution in [2.24, 2.45) is 0 Å². The normalized spacial score (nSPS) is 13.2. The summed E-state index contributed by atoms with van der Waals surface area (Å²) in [5.74, 6) is -0.730. The van der Waals surface area contributed by atoms with Gasteiger partial charge in [0.1, 0.15) is 18.2 Å². The van der Waals surface area contributed by atoms with Crippen LogP contribution in [0.2, 0.25) is 0 Å². The molecule has 2 aromatic carbocycles. The fraction of sp³-hybridized carbons (Fsp3) is 0.269. The van der Waals surface area contributed by atoms with E-state index in [1.54, 1.807) is 18.3 Å². The molecular formula is C26H25N5O4. The van der Waals surface area contributed by atoms with Crippen LogP contribution in [0.15, 0.2) is 66.9 Å². The summed E-state index contributed by atoms with van der Waals surface area (Å²) in [7, 11) is 0. The van der Waals surface area contributed by atoms with Crippen LogP contribution in [0.3, 0.4) is 0 Å². The number of hydrogen-bond donors (Lipinski definition) is 1. The Morgan fingerprint density at radius 2 is 1.74 bits per heavy atom. The van der Waals surface area contributed by atoms with Crippen LogP contribution in [-0.4, -0.2) is 44.9 Å². The van der Waals surface area contributed by atoms with Crippen molar-refractivity contribution in [2.45, 2.75) is 38.1 Å². The first kappa shape index (κ1) is 22.5. The number of carbonyl (C=O) groups is 2. The van der Waals surface area contributed by atoms with Gasteiger partial charge in [-0.3, -0.25) is 0 Å². The topological polar surface area (TPSA) is 108 Å². The second-order valence-electron chi connectivity index (χ2n) is 8.38. The highest BCUT2D eigenvalue weighted by atomic mass is 16.7. The Kier molecular flexibility index (Phi) is 6.38. The SMILES string of the molecule is CCCC[C@H](NC(=O)OCC1c2ccccc2-c2ccccc21)C(=O)On1nnc2cccnc21. The Morgan fingerprint density at radius 1 is 1.03 bits per heavy atom. The Labute approximate surface area is 202 Å². The largest absolute Gasteiger partial charge is 0.449 e. The quantitative estimate of drug-likeness (QED) is 0.389. The molecule has 0 saturated carbocycles. The molecule has 0 aliphatic heterocycles. The molecule has 0 spiro atoms. The zero-order valence-corrected chi connectivity index (χ0v) is 19.3. The molecule has 1 aliphatic rings. The number of pyridine rings is 1. The number of amides is 1. The van der Waals surface area contributed by atoms with Gasteiger partial charge in [0.2, 0.25) is 5.65 Å². The second kappa shape index (κ2) is 9.92. The van der Waals surface area contributed by atoms with Crippen molar-refractivity contribution in [3.05, 3.63) is 78.0 Å². The van der Waals surface area contributed by atoms with Crippen LogP contribution in [-0.2, 0) is 9.53 Å². The molecule has 1 N–H and O–H groups in total. The molecule has 178 valence electrons. The zero-order chi connectivity index (χ0) is 24.2. The van der Waals surface area contributed by atoms with Gasteiger partial charge in [0.05, 0.1) is 0 Å². The number of fused-ring (bicyclic) bond motifs is 4. The monoisotopic (exact) mass is 471 g/mol. The van der Waals surface area contributed by atoms with Gasteiger partial charge in [-0.25, -0.2) is 14.6 Å². The van der Waals surface area contributed by atoms with Gasteiger partial charge in [-0.15, -0.1) is 5.10 Å². The summed E-state index contributed by atoms with van der Waals surface area (Å²) in [4.78, 5) is 36.1. The van der Waals surface area contributed by atoms with Crippen molar-refractivity contribution >= 4 is 23.2 Å². The fourth-order valence-corrected chi connectivity index (χ4v) is 4.39. The van der Waals surface area contributed by atoms with Gasteiger partial charge in [0.25, 0.3) is 0 Å². The molecule has 9 heteroatoms. The minimum Gasteiger partial charge on any atom is -0.449 e. The Bertz CT molecular complexity index is 1320. The predicted octanol–water partition coefficient (Wildman–Crippen LogP) is 3.88. The van der Waals surface area contributed by atoms with Crippen LogP contribution >= 0.6 is 0 Å². The number of alkyl carbamates (subject to hydrolysis) is 1. The number of aromatic nitrogens is 4. The maximum absolute atomic E-state index is 12.9. The summed E-state index contributed by atoms with van der Waals surface area (Å²) in [5, 5.41) is 10.4. The van der Waals surface area contributed by atoms with E-state index in [0.29, 0.717) is 17.6 Å². The van der Waals surface area contributed by atoms with Gasteiger partial charge in [0, 0.05) is 12.1 Å². The van der Waals surface area contributed by atoms with Gasteiger partial charge < -0.3 is 14.9 Å². The Morgan fingerprint density at radius 3 is 2.46 bits per heavy atom. The van der Waals surface area contributed by atoms with E-state index in [1.165, 1.54) is 0 Å². The van der Waals surface area contributed by atoms with Crippen molar-refractivity contribution < 1.29 is 19.2 Å². The Hall–Kier alpha value is -4.27. The van der Waals surface area contributed by atoms with Gasteiger partial charge in [-0.2, -0.15) is 0 Å². The fourth-order valence-electron chi connectivity index (χ4n) is 4.39. The lowest BCUT2D eigenvalue weighted by Gasteiger charge is -2.18. The molecule has 5 rings (SSSR count). The van der Waals surface area contributed by atoms with E-state index in [9.17, 15) is 9.59 Å². The smallest absolute Gasteiger partial charge is 0.407 e. The minimum absolute atomic E-state index is 0.0678. The van der Waals surface area contributed by atoms with E-state index in [2.05, 4.69) is 44.9 Å². The standard InChI is InChI=1S/C26H25N5O4/c1-2-3-13-23(25(32)35-31-24-22(29-30-31)14-8-15-27-24)28-26(33)34-16-21-19-11-6-4-9-17(19)18-10-5-7-12-20(18)21/h4-12,14-15,21,23H,2-3,13,16H2,1H3,(H,28,33)/t23-/m0/s1. The maximum Gasteiger partial charge on any atom is 0.407 e. The van der Waals surface area contributed by atoms with Gasteiger partial charge in [0.15, 0.2) is 0 Å². The van der Waals surface area contributed by atoms with Crippen molar-refractivity contribution in [2.75, 3.05) is 6.61 Å². The molecule has 0 saturated heterocycles. The lowest BCUT2D eigenvalue weighted by atomic mass is 9.98. The molecule has 2 aromatic heterocycles. The zero-order valence-electron chi connectivity index (χ0n) is 19.3. The molecule has 9 nitrogen and oxygen atoms in total. The van der Waals surface area contributed by atoms with Crippen molar-refractivity contribution in [3.63, 3.8) is 0 Å². The highest BCUT2D eigenvalue weighted by Gasteiger charge is 2.30. The Balaban J connectivity index is 1.26. The van der Waals surface area contributed by atoms with E-state index in [4.69, 9.17) is 9.57 Å². The number of ether oxygens (including phenoxy) is 1. The summed E-state index contributed by atoms with van der Waals surface area (Å²) in [6.07, 6.45) is 2.86. The molecule has 0 radical (unpaired) electrons. The molecule has 1 amide bonds. The second-order valence-corrected chi connectivity index (χ2v) is 8.38. The molecular weight excluding hydrogens is 446 g/mol. The van der Waals surface area contributed by atoms with Gasteiger partial charge in [-0.1, -0.05) is 68.3 Å². The molecule has 4 aromatic rings. The molecule has 0 bridgehead atoms. The van der Waals surface area contributed by atoms with E-state index < -0.39 is 18.1 Å². The van der Waals surface area contributed by atoms with Crippen molar-refractivity contribution in [1.29, 1.82) is 0 Å². The number of benzene rings is 2.